The van der Waals surface area contributed by atoms with Gasteiger partial charge in [0, 0.05) is 23.8 Å². The van der Waals surface area contributed by atoms with Gasteiger partial charge in [0.05, 0.1) is 7.11 Å². The Morgan fingerprint density at radius 2 is 1.95 bits per heavy atom. The molecule has 6 heteroatoms. The van der Waals surface area contributed by atoms with Gasteiger partial charge in [0.2, 0.25) is 0 Å². The van der Waals surface area contributed by atoms with E-state index in [0.29, 0.717) is 12.2 Å². The van der Waals surface area contributed by atoms with Crippen molar-refractivity contribution in [3.63, 3.8) is 0 Å². The van der Waals surface area contributed by atoms with Crippen LogP contribution in [0.3, 0.4) is 0 Å². The minimum Gasteiger partial charge on any atom is -0.464 e. The number of esters is 1. The molecule has 0 aliphatic heterocycles. The second-order valence-corrected chi connectivity index (χ2v) is 4.63. The maximum Gasteiger partial charge on any atom is 0.354 e. The van der Waals surface area contributed by atoms with Crippen molar-refractivity contribution < 1.29 is 18.3 Å². The van der Waals surface area contributed by atoms with E-state index in [2.05, 4.69) is 15.0 Å². The first-order chi connectivity index (χ1) is 10.0. The summed E-state index contributed by atoms with van der Waals surface area (Å²) >= 11 is 0. The standard InChI is InChI=1S/C15H16F2N2O2/c1-9(14-11(16)4-3-5-12(14)17)18-8-10-6-7-13(19-10)15(20)21-2/h3-7,9,18-19H,8H2,1-2H3. The lowest BCUT2D eigenvalue weighted by Gasteiger charge is -2.15. The van der Waals surface area contributed by atoms with Gasteiger partial charge in [0.25, 0.3) is 0 Å². The SMILES string of the molecule is COC(=O)c1ccc(CNC(C)c2c(F)cccc2F)[nH]1. The van der Waals surface area contributed by atoms with Gasteiger partial charge in [-0.2, -0.15) is 0 Å². The van der Waals surface area contributed by atoms with Crippen LogP contribution < -0.4 is 5.32 Å². The van der Waals surface area contributed by atoms with E-state index in [1.807, 2.05) is 0 Å². The average molecular weight is 294 g/mol. The Labute approximate surface area is 121 Å². The van der Waals surface area contributed by atoms with E-state index in [-0.39, 0.29) is 5.56 Å². The minimum atomic E-state index is -0.586. The number of aromatic amines is 1. The van der Waals surface area contributed by atoms with Crippen LogP contribution in [0.5, 0.6) is 0 Å². The molecule has 0 aliphatic carbocycles. The van der Waals surface area contributed by atoms with E-state index in [1.54, 1.807) is 19.1 Å². The molecule has 2 aromatic rings. The van der Waals surface area contributed by atoms with E-state index < -0.39 is 23.6 Å². The molecule has 0 aliphatic rings. The van der Waals surface area contributed by atoms with Crippen molar-refractivity contribution in [2.75, 3.05) is 7.11 Å². The zero-order valence-electron chi connectivity index (χ0n) is 11.7. The molecule has 0 saturated carbocycles. The summed E-state index contributed by atoms with van der Waals surface area (Å²) in [5.74, 6) is -1.64. The number of hydrogen-bond acceptors (Lipinski definition) is 3. The molecule has 0 fully saturated rings. The van der Waals surface area contributed by atoms with Crippen LogP contribution in [-0.2, 0) is 11.3 Å². The molecule has 0 radical (unpaired) electrons. The van der Waals surface area contributed by atoms with Gasteiger partial charge in [-0.15, -0.1) is 0 Å². The number of ether oxygens (including phenoxy) is 1. The molecular weight excluding hydrogens is 278 g/mol. The van der Waals surface area contributed by atoms with Gasteiger partial charge < -0.3 is 15.0 Å². The molecule has 112 valence electrons. The number of aromatic nitrogens is 1. The number of nitrogens with one attached hydrogen (secondary N) is 2. The lowest BCUT2D eigenvalue weighted by molar-refractivity contribution is 0.0594. The van der Waals surface area contributed by atoms with Crippen molar-refractivity contribution >= 4 is 5.97 Å². The summed E-state index contributed by atoms with van der Waals surface area (Å²) in [4.78, 5) is 14.2. The molecule has 0 saturated heterocycles. The molecule has 1 aromatic heterocycles. The van der Waals surface area contributed by atoms with E-state index in [9.17, 15) is 13.6 Å². The highest BCUT2D eigenvalue weighted by Crippen LogP contribution is 2.20. The predicted molar refractivity (Wildman–Crippen MR) is 73.7 cm³/mol. The Morgan fingerprint density at radius 1 is 1.29 bits per heavy atom. The average Bonchev–Trinajstić information content (AvgIpc) is 2.93. The number of benzene rings is 1. The Kier molecular flexibility index (Phi) is 4.70. The summed E-state index contributed by atoms with van der Waals surface area (Å²) in [6.07, 6.45) is 0. The van der Waals surface area contributed by atoms with Crippen LogP contribution in [-0.4, -0.2) is 18.1 Å². The van der Waals surface area contributed by atoms with Gasteiger partial charge in [-0.25, -0.2) is 13.6 Å². The number of rotatable bonds is 5. The van der Waals surface area contributed by atoms with Gasteiger partial charge in [-0.1, -0.05) is 6.07 Å². The summed E-state index contributed by atoms with van der Waals surface area (Å²) in [6, 6.07) is 6.58. The summed E-state index contributed by atoms with van der Waals surface area (Å²) in [5, 5.41) is 3.00. The molecule has 2 N–H and O–H groups in total. The largest absolute Gasteiger partial charge is 0.464 e. The maximum absolute atomic E-state index is 13.6. The zero-order valence-corrected chi connectivity index (χ0v) is 11.7. The van der Waals surface area contributed by atoms with Crippen molar-refractivity contribution in [2.45, 2.75) is 19.5 Å². The van der Waals surface area contributed by atoms with Crippen LogP contribution in [0.25, 0.3) is 0 Å². The molecule has 1 aromatic carbocycles. The van der Waals surface area contributed by atoms with E-state index in [0.717, 1.165) is 5.69 Å². The highest BCUT2D eigenvalue weighted by Gasteiger charge is 2.16. The highest BCUT2D eigenvalue weighted by atomic mass is 19.1. The quantitative estimate of drug-likeness (QED) is 0.834. The molecule has 1 atom stereocenters. The number of hydrogen-bond donors (Lipinski definition) is 2. The molecular formula is C15H16F2N2O2. The van der Waals surface area contributed by atoms with Crippen molar-refractivity contribution in [1.82, 2.24) is 10.3 Å². The van der Waals surface area contributed by atoms with Gasteiger partial charge in [0.1, 0.15) is 17.3 Å². The fourth-order valence-corrected chi connectivity index (χ4v) is 2.06. The molecule has 1 heterocycles. The molecule has 0 bridgehead atoms. The van der Waals surface area contributed by atoms with E-state index >= 15 is 0 Å². The lowest BCUT2D eigenvalue weighted by atomic mass is 10.1. The molecule has 4 nitrogen and oxygen atoms in total. The lowest BCUT2D eigenvalue weighted by Crippen LogP contribution is -2.20. The predicted octanol–water partition coefficient (Wildman–Crippen LogP) is 2.93. The molecule has 21 heavy (non-hydrogen) atoms. The van der Waals surface area contributed by atoms with Gasteiger partial charge in [0.15, 0.2) is 0 Å². The van der Waals surface area contributed by atoms with E-state index in [4.69, 9.17) is 0 Å². The third-order valence-electron chi connectivity index (χ3n) is 3.18. The number of halogens is 2. The first-order valence-corrected chi connectivity index (χ1v) is 6.46. The number of methoxy groups -OCH3 is 1. The van der Waals surface area contributed by atoms with Gasteiger partial charge in [-0.3, -0.25) is 0 Å². The molecule has 1 unspecified atom stereocenters. The van der Waals surface area contributed by atoms with Crippen LogP contribution >= 0.6 is 0 Å². The number of H-pyrrole nitrogens is 1. The Hall–Kier alpha value is -2.21. The summed E-state index contributed by atoms with van der Waals surface area (Å²) in [7, 11) is 1.30. The van der Waals surface area contributed by atoms with E-state index in [1.165, 1.54) is 25.3 Å². The zero-order chi connectivity index (χ0) is 15.4. The fourth-order valence-electron chi connectivity index (χ4n) is 2.06. The molecule has 0 amide bonds. The van der Waals surface area contributed by atoms with Gasteiger partial charge >= 0.3 is 5.97 Å². The fraction of sp³-hybridized carbons (Fsp3) is 0.267. The third kappa shape index (κ3) is 3.46. The monoisotopic (exact) mass is 294 g/mol. The number of carbonyl (C=O) groups is 1. The first kappa shape index (κ1) is 15.2. The normalized spacial score (nSPS) is 12.2. The van der Waals surface area contributed by atoms with Crippen LogP contribution in [0, 0.1) is 11.6 Å². The third-order valence-corrected chi connectivity index (χ3v) is 3.18. The summed E-state index contributed by atoms with van der Waals surface area (Å²) in [6.45, 7) is 2.01. The topological polar surface area (TPSA) is 54.1 Å². The minimum absolute atomic E-state index is 0.00255. The second-order valence-electron chi connectivity index (χ2n) is 4.63. The Morgan fingerprint density at radius 3 is 2.57 bits per heavy atom. The Balaban J connectivity index is 2.03. The molecule has 0 spiro atoms. The van der Waals surface area contributed by atoms with Crippen LogP contribution in [0.4, 0.5) is 8.78 Å². The van der Waals surface area contributed by atoms with Crippen LogP contribution in [0.15, 0.2) is 30.3 Å². The van der Waals surface area contributed by atoms with Crippen LogP contribution in [0.2, 0.25) is 0 Å². The summed E-state index contributed by atoms with van der Waals surface area (Å²) in [5.41, 5.74) is 1.05. The van der Waals surface area contributed by atoms with Crippen molar-refractivity contribution in [2.24, 2.45) is 0 Å². The highest BCUT2D eigenvalue weighted by molar-refractivity contribution is 5.87. The van der Waals surface area contributed by atoms with Crippen molar-refractivity contribution in [3.05, 3.63) is 58.9 Å². The van der Waals surface area contributed by atoms with Crippen LogP contribution in [0.1, 0.15) is 34.7 Å². The van der Waals surface area contributed by atoms with Crippen molar-refractivity contribution in [1.29, 1.82) is 0 Å². The summed E-state index contributed by atoms with van der Waals surface area (Å²) < 4.78 is 31.9. The smallest absolute Gasteiger partial charge is 0.354 e. The molecule has 2 rings (SSSR count). The Bertz CT molecular complexity index is 620. The van der Waals surface area contributed by atoms with Gasteiger partial charge in [-0.05, 0) is 31.2 Å². The van der Waals surface area contributed by atoms with Crippen molar-refractivity contribution in [3.8, 4) is 0 Å². The first-order valence-electron chi connectivity index (χ1n) is 6.46. The number of carbonyl (C=O) groups excluding carboxylic acids is 1. The second kappa shape index (κ2) is 6.49. The maximum atomic E-state index is 13.6.